The summed E-state index contributed by atoms with van der Waals surface area (Å²) in [5.41, 5.74) is 1.64. The fraction of sp³-hybridized carbons (Fsp3) is 0.769. The Kier molecular flexibility index (Phi) is 2.29. The maximum absolute atomic E-state index is 11.2. The molecule has 0 aromatic heterocycles. The molecule has 0 saturated heterocycles. The van der Waals surface area contributed by atoms with Crippen molar-refractivity contribution in [3.05, 3.63) is 11.6 Å². The number of aldehydes is 1. The molecule has 2 rings (SSSR count). The Bertz CT molecular complexity index is 279. The van der Waals surface area contributed by atoms with Gasteiger partial charge in [-0.15, -0.1) is 0 Å². The fourth-order valence-electron chi connectivity index (χ4n) is 3.40. The van der Waals surface area contributed by atoms with Crippen molar-refractivity contribution in [1.82, 2.24) is 0 Å². The van der Waals surface area contributed by atoms with Crippen LogP contribution in [0.1, 0.15) is 52.4 Å². The first-order chi connectivity index (χ1) is 6.61. The molecule has 0 amide bonds. The van der Waals surface area contributed by atoms with Crippen LogP contribution in [0.25, 0.3) is 0 Å². The molecule has 1 saturated carbocycles. The third-order valence-electron chi connectivity index (χ3n) is 4.23. The van der Waals surface area contributed by atoms with Gasteiger partial charge in [-0.05, 0) is 44.4 Å². The van der Waals surface area contributed by atoms with Crippen LogP contribution in [0.4, 0.5) is 0 Å². The van der Waals surface area contributed by atoms with Crippen molar-refractivity contribution in [1.29, 1.82) is 0 Å². The van der Waals surface area contributed by atoms with E-state index in [4.69, 9.17) is 0 Å². The number of hydrogen-bond donors (Lipinski definition) is 0. The lowest BCUT2D eigenvalue weighted by atomic mass is 9.57. The molecule has 2 atom stereocenters. The van der Waals surface area contributed by atoms with E-state index >= 15 is 0 Å². The predicted octanol–water partition coefficient (Wildman–Crippen LogP) is 3.49. The van der Waals surface area contributed by atoms with Gasteiger partial charge in [-0.2, -0.15) is 0 Å². The monoisotopic (exact) mass is 192 g/mol. The lowest BCUT2D eigenvalue weighted by Crippen LogP contribution is -2.38. The van der Waals surface area contributed by atoms with E-state index in [1.165, 1.54) is 44.0 Å². The molecule has 0 aliphatic heterocycles. The minimum Gasteiger partial charge on any atom is -0.302 e. The maximum atomic E-state index is 11.2. The van der Waals surface area contributed by atoms with Gasteiger partial charge >= 0.3 is 0 Å². The van der Waals surface area contributed by atoms with Crippen LogP contribution in [0, 0.1) is 10.8 Å². The van der Waals surface area contributed by atoms with Crippen molar-refractivity contribution in [2.45, 2.75) is 52.4 Å². The van der Waals surface area contributed by atoms with Gasteiger partial charge in [0, 0.05) is 5.41 Å². The minimum atomic E-state index is -0.145. The van der Waals surface area contributed by atoms with Gasteiger partial charge in [0.2, 0.25) is 0 Å². The first kappa shape index (κ1) is 9.95. The number of hydrogen-bond acceptors (Lipinski definition) is 1. The number of carbonyl (C=O) groups is 1. The predicted molar refractivity (Wildman–Crippen MR) is 58.1 cm³/mol. The lowest BCUT2D eigenvalue weighted by Gasteiger charge is -2.47. The van der Waals surface area contributed by atoms with Gasteiger partial charge < -0.3 is 4.79 Å². The number of allylic oxidation sites excluding steroid dienone is 2. The average molecular weight is 192 g/mol. The van der Waals surface area contributed by atoms with Gasteiger partial charge in [0.1, 0.15) is 6.29 Å². The molecular formula is C13H20O. The Balaban J connectivity index is 2.40. The molecule has 14 heavy (non-hydrogen) atoms. The van der Waals surface area contributed by atoms with Crippen molar-refractivity contribution in [3.63, 3.8) is 0 Å². The highest BCUT2D eigenvalue weighted by Gasteiger charge is 2.44. The van der Waals surface area contributed by atoms with E-state index in [1.54, 1.807) is 0 Å². The Morgan fingerprint density at radius 1 is 1.21 bits per heavy atom. The number of carbonyl (C=O) groups excluding carboxylic acids is 1. The van der Waals surface area contributed by atoms with E-state index in [9.17, 15) is 4.79 Å². The van der Waals surface area contributed by atoms with Crippen LogP contribution in [0.3, 0.4) is 0 Å². The normalized spacial score (nSPS) is 42.6. The SMILES string of the molecule is CC1(C=O)CCCC2(C)CCCC=C12. The zero-order chi connectivity index (χ0) is 10.2. The average Bonchev–Trinajstić information content (AvgIpc) is 2.17. The van der Waals surface area contributed by atoms with Crippen LogP contribution < -0.4 is 0 Å². The largest absolute Gasteiger partial charge is 0.302 e. The second-order valence-electron chi connectivity index (χ2n) is 5.46. The molecule has 2 aliphatic carbocycles. The summed E-state index contributed by atoms with van der Waals surface area (Å²) in [7, 11) is 0. The topological polar surface area (TPSA) is 17.1 Å². The molecule has 0 spiro atoms. The molecule has 0 aromatic rings. The second-order valence-corrected chi connectivity index (χ2v) is 5.46. The van der Waals surface area contributed by atoms with Gasteiger partial charge in [-0.3, -0.25) is 0 Å². The zero-order valence-corrected chi connectivity index (χ0v) is 9.31. The first-order valence-corrected chi connectivity index (χ1v) is 5.78. The summed E-state index contributed by atoms with van der Waals surface area (Å²) in [5, 5.41) is 0. The second kappa shape index (κ2) is 3.22. The van der Waals surface area contributed by atoms with Gasteiger partial charge in [-0.25, -0.2) is 0 Å². The van der Waals surface area contributed by atoms with E-state index in [0.717, 1.165) is 6.42 Å². The summed E-state index contributed by atoms with van der Waals surface area (Å²) in [6, 6.07) is 0. The van der Waals surface area contributed by atoms with Crippen LogP contribution >= 0.6 is 0 Å². The van der Waals surface area contributed by atoms with Gasteiger partial charge in [0.15, 0.2) is 0 Å². The standard InChI is InChI=1S/C13H20O/c1-12-7-4-3-6-11(12)13(2,10-14)9-5-8-12/h6,10H,3-5,7-9H2,1-2H3. The van der Waals surface area contributed by atoms with Crippen molar-refractivity contribution in [2.75, 3.05) is 0 Å². The minimum absolute atomic E-state index is 0.145. The van der Waals surface area contributed by atoms with Crippen LogP contribution in [0.15, 0.2) is 11.6 Å². The lowest BCUT2D eigenvalue weighted by molar-refractivity contribution is -0.115. The van der Waals surface area contributed by atoms with E-state index in [0.29, 0.717) is 5.41 Å². The highest BCUT2D eigenvalue weighted by atomic mass is 16.1. The molecule has 0 radical (unpaired) electrons. The molecule has 0 bridgehead atoms. The Morgan fingerprint density at radius 2 is 1.93 bits per heavy atom. The van der Waals surface area contributed by atoms with Crippen molar-refractivity contribution >= 4 is 6.29 Å². The first-order valence-electron chi connectivity index (χ1n) is 5.78. The van der Waals surface area contributed by atoms with Crippen LogP contribution in [-0.2, 0) is 4.79 Å². The summed E-state index contributed by atoms with van der Waals surface area (Å²) in [6.45, 7) is 4.47. The van der Waals surface area contributed by atoms with Gasteiger partial charge in [0.25, 0.3) is 0 Å². The molecule has 0 aromatic carbocycles. The van der Waals surface area contributed by atoms with Crippen LogP contribution in [0.5, 0.6) is 0 Å². The van der Waals surface area contributed by atoms with Crippen molar-refractivity contribution < 1.29 is 4.79 Å². The molecule has 78 valence electrons. The molecule has 1 nitrogen and oxygen atoms in total. The Morgan fingerprint density at radius 3 is 2.64 bits per heavy atom. The third kappa shape index (κ3) is 1.34. The maximum Gasteiger partial charge on any atom is 0.129 e. The van der Waals surface area contributed by atoms with E-state index in [1.807, 2.05) is 0 Å². The van der Waals surface area contributed by atoms with Crippen LogP contribution in [-0.4, -0.2) is 6.29 Å². The Labute approximate surface area is 86.6 Å². The highest BCUT2D eigenvalue weighted by molar-refractivity contribution is 5.66. The van der Waals surface area contributed by atoms with Crippen molar-refractivity contribution in [2.24, 2.45) is 10.8 Å². The van der Waals surface area contributed by atoms with E-state index in [-0.39, 0.29) is 5.41 Å². The number of rotatable bonds is 1. The summed E-state index contributed by atoms with van der Waals surface area (Å²) in [6.07, 6.45) is 10.8. The Hall–Kier alpha value is -0.590. The molecule has 1 heteroatoms. The highest BCUT2D eigenvalue weighted by Crippen LogP contribution is 2.54. The quantitative estimate of drug-likeness (QED) is 0.459. The fourth-order valence-corrected chi connectivity index (χ4v) is 3.40. The van der Waals surface area contributed by atoms with Crippen molar-refractivity contribution in [3.8, 4) is 0 Å². The molecule has 1 fully saturated rings. The summed E-state index contributed by atoms with van der Waals surface area (Å²) in [4.78, 5) is 11.2. The molecule has 2 aliphatic rings. The van der Waals surface area contributed by atoms with Gasteiger partial charge in [-0.1, -0.05) is 25.0 Å². The third-order valence-corrected chi connectivity index (χ3v) is 4.23. The van der Waals surface area contributed by atoms with E-state index < -0.39 is 0 Å². The van der Waals surface area contributed by atoms with Crippen LogP contribution in [0.2, 0.25) is 0 Å². The summed E-state index contributed by atoms with van der Waals surface area (Å²) < 4.78 is 0. The molecule has 0 heterocycles. The summed E-state index contributed by atoms with van der Waals surface area (Å²) >= 11 is 0. The summed E-state index contributed by atoms with van der Waals surface area (Å²) in [5.74, 6) is 0. The molecule has 0 N–H and O–H groups in total. The zero-order valence-electron chi connectivity index (χ0n) is 9.31. The van der Waals surface area contributed by atoms with Gasteiger partial charge in [0.05, 0.1) is 0 Å². The number of fused-ring (bicyclic) bond motifs is 1. The smallest absolute Gasteiger partial charge is 0.129 e. The molecule has 2 unspecified atom stereocenters. The molecular weight excluding hydrogens is 172 g/mol. The van der Waals surface area contributed by atoms with E-state index in [2.05, 4.69) is 19.9 Å².